The molecule has 0 radical (unpaired) electrons. The molecule has 3 aromatic rings. The maximum Gasteiger partial charge on any atom is 0.258 e. The summed E-state index contributed by atoms with van der Waals surface area (Å²) in [6.45, 7) is 10.2. The summed E-state index contributed by atoms with van der Waals surface area (Å²) in [5.74, 6) is 1.22. The number of carbonyl (C=O) groups excluding carboxylic acids is 1. The Morgan fingerprint density at radius 1 is 0.829 bits per heavy atom. The highest BCUT2D eigenvalue weighted by atomic mass is 16.5. The van der Waals surface area contributed by atoms with E-state index in [1.54, 1.807) is 19.1 Å². The van der Waals surface area contributed by atoms with Gasteiger partial charge in [-0.05, 0) is 69.5 Å². The zero-order valence-electron chi connectivity index (χ0n) is 21.8. The van der Waals surface area contributed by atoms with Crippen LogP contribution >= 0.6 is 0 Å². The molecule has 1 amide bonds. The molecule has 0 N–H and O–H groups in total. The van der Waals surface area contributed by atoms with Gasteiger partial charge in [0.05, 0.1) is 7.11 Å². The summed E-state index contributed by atoms with van der Waals surface area (Å²) in [7, 11) is 3.40. The van der Waals surface area contributed by atoms with Gasteiger partial charge in [0.25, 0.3) is 5.91 Å². The van der Waals surface area contributed by atoms with Gasteiger partial charge in [0.15, 0.2) is 11.5 Å². The molecule has 3 rings (SSSR count). The molecule has 0 unspecified atom stereocenters. The number of rotatable bonds is 11. The standard InChI is InChI=1S/C30H38N2O3/c1-22(2)32(23(3)4)18-19-35-28-17-16-27(21-29(28)34-6)31(5)30(33)26-14-12-25(13-15-26)20-24-10-8-7-9-11-24/h7-17,21-23H,18-20H2,1-6H3. The quantitative estimate of drug-likeness (QED) is 0.339. The molecule has 0 aliphatic rings. The van der Waals surface area contributed by atoms with Crippen molar-refractivity contribution < 1.29 is 14.3 Å². The first-order valence-corrected chi connectivity index (χ1v) is 12.3. The molecule has 0 saturated carbocycles. The number of amides is 1. The smallest absolute Gasteiger partial charge is 0.258 e. The lowest BCUT2D eigenvalue weighted by Gasteiger charge is -2.30. The van der Waals surface area contributed by atoms with Crippen molar-refractivity contribution >= 4 is 11.6 Å². The van der Waals surface area contributed by atoms with Gasteiger partial charge >= 0.3 is 0 Å². The first kappa shape index (κ1) is 26.3. The van der Waals surface area contributed by atoms with E-state index in [1.165, 1.54) is 11.1 Å². The molecule has 0 aliphatic carbocycles. The van der Waals surface area contributed by atoms with Crippen molar-refractivity contribution in [2.75, 3.05) is 32.2 Å². The number of benzene rings is 3. The lowest BCUT2D eigenvalue weighted by molar-refractivity contribution is 0.0993. The summed E-state index contributed by atoms with van der Waals surface area (Å²) in [5.41, 5.74) is 3.82. The summed E-state index contributed by atoms with van der Waals surface area (Å²) >= 11 is 0. The van der Waals surface area contributed by atoms with Crippen molar-refractivity contribution in [3.63, 3.8) is 0 Å². The second kappa shape index (κ2) is 12.4. The van der Waals surface area contributed by atoms with Gasteiger partial charge in [-0.3, -0.25) is 9.69 Å². The van der Waals surface area contributed by atoms with Gasteiger partial charge in [0.1, 0.15) is 6.61 Å². The van der Waals surface area contributed by atoms with E-state index in [0.29, 0.717) is 35.8 Å². The molecule has 0 bridgehead atoms. The zero-order chi connectivity index (χ0) is 25.4. The van der Waals surface area contributed by atoms with Gasteiger partial charge in [-0.15, -0.1) is 0 Å². The SMILES string of the molecule is COc1cc(N(C)C(=O)c2ccc(Cc3ccccc3)cc2)ccc1OCCN(C(C)C)C(C)C. The Bertz CT molecular complexity index is 1070. The molecule has 0 aromatic heterocycles. The minimum atomic E-state index is -0.0727. The number of carbonyl (C=O) groups is 1. The number of hydrogen-bond acceptors (Lipinski definition) is 4. The third kappa shape index (κ3) is 7.09. The fraction of sp³-hybridized carbons (Fsp3) is 0.367. The Morgan fingerprint density at radius 2 is 1.46 bits per heavy atom. The highest BCUT2D eigenvalue weighted by molar-refractivity contribution is 6.05. The summed E-state index contributed by atoms with van der Waals surface area (Å²) in [4.78, 5) is 17.1. The minimum absolute atomic E-state index is 0.0727. The van der Waals surface area contributed by atoms with E-state index in [-0.39, 0.29) is 5.91 Å². The van der Waals surface area contributed by atoms with Crippen molar-refractivity contribution in [3.05, 3.63) is 89.5 Å². The Balaban J connectivity index is 1.65. The normalized spacial score (nSPS) is 11.2. The van der Waals surface area contributed by atoms with Gasteiger partial charge in [-0.1, -0.05) is 42.5 Å². The van der Waals surface area contributed by atoms with Crippen LogP contribution in [-0.4, -0.2) is 50.2 Å². The summed E-state index contributed by atoms with van der Waals surface area (Å²) in [5, 5.41) is 0. The average molecular weight is 475 g/mol. The molecule has 0 atom stereocenters. The van der Waals surface area contributed by atoms with Crippen LogP contribution in [0.2, 0.25) is 0 Å². The molecule has 0 spiro atoms. The number of nitrogens with zero attached hydrogens (tertiary/aromatic N) is 2. The molecular weight excluding hydrogens is 436 g/mol. The van der Waals surface area contributed by atoms with Gasteiger partial charge in [0.2, 0.25) is 0 Å². The average Bonchev–Trinajstić information content (AvgIpc) is 2.86. The molecule has 0 heterocycles. The second-order valence-corrected chi connectivity index (χ2v) is 9.33. The number of anilines is 1. The van der Waals surface area contributed by atoms with E-state index in [0.717, 1.165) is 18.7 Å². The molecule has 35 heavy (non-hydrogen) atoms. The molecule has 5 nitrogen and oxygen atoms in total. The van der Waals surface area contributed by atoms with Crippen molar-refractivity contribution in [3.8, 4) is 11.5 Å². The highest BCUT2D eigenvalue weighted by Crippen LogP contribution is 2.32. The van der Waals surface area contributed by atoms with Crippen molar-refractivity contribution in [1.29, 1.82) is 0 Å². The number of methoxy groups -OCH3 is 1. The minimum Gasteiger partial charge on any atom is -0.493 e. The molecule has 186 valence electrons. The molecule has 5 heteroatoms. The van der Waals surface area contributed by atoms with Crippen LogP contribution < -0.4 is 14.4 Å². The van der Waals surface area contributed by atoms with Crippen LogP contribution in [0.3, 0.4) is 0 Å². The maximum atomic E-state index is 13.1. The molecule has 0 fully saturated rings. The van der Waals surface area contributed by atoms with Crippen molar-refractivity contribution in [1.82, 2.24) is 4.90 Å². The maximum absolute atomic E-state index is 13.1. The van der Waals surface area contributed by atoms with Gasteiger partial charge in [-0.2, -0.15) is 0 Å². The van der Waals surface area contributed by atoms with Crippen molar-refractivity contribution in [2.45, 2.75) is 46.2 Å². The Kier molecular flexibility index (Phi) is 9.32. The summed E-state index contributed by atoms with van der Waals surface area (Å²) in [6, 6.07) is 24.6. The lowest BCUT2D eigenvalue weighted by atomic mass is 10.0. The van der Waals surface area contributed by atoms with Gasteiger partial charge < -0.3 is 14.4 Å². The molecule has 0 saturated heterocycles. The van der Waals surface area contributed by atoms with Crippen molar-refractivity contribution in [2.24, 2.45) is 0 Å². The van der Waals surface area contributed by atoms with E-state index in [4.69, 9.17) is 9.47 Å². The second-order valence-electron chi connectivity index (χ2n) is 9.33. The van der Waals surface area contributed by atoms with Crippen LogP contribution in [-0.2, 0) is 6.42 Å². The molecular formula is C30H38N2O3. The molecule has 3 aromatic carbocycles. The van der Waals surface area contributed by atoms with Crippen LogP contribution in [0.5, 0.6) is 11.5 Å². The van der Waals surface area contributed by atoms with Crippen LogP contribution in [0.1, 0.15) is 49.2 Å². The van der Waals surface area contributed by atoms with Gasteiger partial charge in [0, 0.05) is 43.0 Å². The molecule has 0 aliphatic heterocycles. The van der Waals surface area contributed by atoms with E-state index in [9.17, 15) is 4.79 Å². The Labute approximate surface area is 210 Å². The van der Waals surface area contributed by atoms with Crippen LogP contribution in [0.4, 0.5) is 5.69 Å². The first-order valence-electron chi connectivity index (χ1n) is 12.3. The largest absolute Gasteiger partial charge is 0.493 e. The highest BCUT2D eigenvalue weighted by Gasteiger charge is 2.17. The van der Waals surface area contributed by atoms with E-state index < -0.39 is 0 Å². The topological polar surface area (TPSA) is 42.0 Å². The summed E-state index contributed by atoms with van der Waals surface area (Å²) < 4.78 is 11.6. The summed E-state index contributed by atoms with van der Waals surface area (Å²) in [6.07, 6.45) is 0.843. The predicted molar refractivity (Wildman–Crippen MR) is 144 cm³/mol. The van der Waals surface area contributed by atoms with Crippen LogP contribution in [0.15, 0.2) is 72.8 Å². The Morgan fingerprint density at radius 3 is 2.06 bits per heavy atom. The van der Waals surface area contributed by atoms with Crippen LogP contribution in [0.25, 0.3) is 0 Å². The first-order chi connectivity index (χ1) is 16.8. The number of hydrogen-bond donors (Lipinski definition) is 0. The van der Waals surface area contributed by atoms with E-state index in [2.05, 4.69) is 44.7 Å². The van der Waals surface area contributed by atoms with E-state index in [1.807, 2.05) is 60.7 Å². The van der Waals surface area contributed by atoms with Crippen LogP contribution in [0, 0.1) is 0 Å². The zero-order valence-corrected chi connectivity index (χ0v) is 21.8. The monoisotopic (exact) mass is 474 g/mol. The fourth-order valence-electron chi connectivity index (χ4n) is 4.27. The third-order valence-electron chi connectivity index (χ3n) is 6.22. The lowest BCUT2D eigenvalue weighted by Crippen LogP contribution is -2.39. The predicted octanol–water partition coefficient (Wildman–Crippen LogP) is 6.06. The van der Waals surface area contributed by atoms with Gasteiger partial charge in [-0.25, -0.2) is 0 Å². The number of ether oxygens (including phenoxy) is 2. The third-order valence-corrected chi connectivity index (χ3v) is 6.22. The fourth-order valence-corrected chi connectivity index (χ4v) is 4.27. The Hall–Kier alpha value is -3.31. The van der Waals surface area contributed by atoms with E-state index >= 15 is 0 Å².